The van der Waals surface area contributed by atoms with Crippen LogP contribution >= 0.6 is 0 Å². The largest absolute Gasteiger partial charge is 0.409 e. The molecular formula is C10H9F4N3O2. The molecule has 104 valence electrons. The molecule has 19 heavy (non-hydrogen) atoms. The van der Waals surface area contributed by atoms with E-state index in [1.807, 2.05) is 5.32 Å². The number of nitrogens with zero attached hydrogens (tertiary/aromatic N) is 1. The van der Waals surface area contributed by atoms with E-state index >= 15 is 0 Å². The Morgan fingerprint density at radius 3 is 2.58 bits per heavy atom. The molecule has 0 aliphatic rings. The van der Waals surface area contributed by atoms with Crippen molar-refractivity contribution in [3.05, 3.63) is 29.6 Å². The number of nitrogens with two attached hydrogens (primary N) is 1. The second-order valence-electron chi connectivity index (χ2n) is 3.49. The van der Waals surface area contributed by atoms with E-state index in [0.29, 0.717) is 0 Å². The molecule has 5 nitrogen and oxygen atoms in total. The Hall–Kier alpha value is -2.32. The number of carbonyl (C=O) groups is 1. The van der Waals surface area contributed by atoms with Crippen LogP contribution in [0.3, 0.4) is 0 Å². The maximum absolute atomic E-state index is 13.4. The highest BCUT2D eigenvalue weighted by atomic mass is 19.4. The molecule has 1 amide bonds. The van der Waals surface area contributed by atoms with Gasteiger partial charge in [0.2, 0.25) is 5.91 Å². The molecule has 1 aromatic rings. The highest BCUT2D eigenvalue weighted by Crippen LogP contribution is 2.23. The Morgan fingerprint density at radius 1 is 1.42 bits per heavy atom. The first kappa shape index (κ1) is 14.7. The van der Waals surface area contributed by atoms with Crippen LogP contribution in [0.25, 0.3) is 0 Å². The highest BCUT2D eigenvalue weighted by molar-refractivity contribution is 6.05. The Labute approximate surface area is 104 Å². The van der Waals surface area contributed by atoms with Crippen LogP contribution in [-0.4, -0.2) is 23.1 Å². The number of hydrogen-bond donors (Lipinski definition) is 3. The lowest BCUT2D eigenvalue weighted by Crippen LogP contribution is -2.24. The van der Waals surface area contributed by atoms with E-state index < -0.39 is 35.7 Å². The first-order valence-electron chi connectivity index (χ1n) is 4.87. The lowest BCUT2D eigenvalue weighted by molar-refractivity contribution is -0.150. The van der Waals surface area contributed by atoms with Crippen molar-refractivity contribution in [2.24, 2.45) is 10.9 Å². The molecule has 0 aliphatic heterocycles. The van der Waals surface area contributed by atoms with Crippen molar-refractivity contribution in [1.82, 2.24) is 0 Å². The molecule has 0 radical (unpaired) electrons. The zero-order valence-corrected chi connectivity index (χ0v) is 9.33. The minimum Gasteiger partial charge on any atom is -0.409 e. The summed E-state index contributed by atoms with van der Waals surface area (Å²) in [6, 6.07) is 3.24. The van der Waals surface area contributed by atoms with Crippen molar-refractivity contribution < 1.29 is 27.6 Å². The number of carbonyl (C=O) groups excluding carboxylic acids is 1. The average Bonchev–Trinajstić information content (AvgIpc) is 2.25. The number of hydrogen-bond acceptors (Lipinski definition) is 3. The van der Waals surface area contributed by atoms with E-state index in [1.165, 1.54) is 0 Å². The van der Waals surface area contributed by atoms with Crippen molar-refractivity contribution in [2.45, 2.75) is 12.6 Å². The molecule has 9 heteroatoms. The number of benzene rings is 1. The summed E-state index contributed by atoms with van der Waals surface area (Å²) in [5.74, 6) is -2.99. The topological polar surface area (TPSA) is 87.7 Å². The third-order valence-corrected chi connectivity index (χ3v) is 2.01. The van der Waals surface area contributed by atoms with Gasteiger partial charge >= 0.3 is 6.18 Å². The van der Waals surface area contributed by atoms with Crippen molar-refractivity contribution in [3.63, 3.8) is 0 Å². The van der Waals surface area contributed by atoms with Crippen LogP contribution in [0, 0.1) is 5.82 Å². The maximum Gasteiger partial charge on any atom is 0.397 e. The van der Waals surface area contributed by atoms with Crippen molar-refractivity contribution in [2.75, 3.05) is 5.32 Å². The van der Waals surface area contributed by atoms with E-state index in [0.717, 1.165) is 18.2 Å². The summed E-state index contributed by atoms with van der Waals surface area (Å²) < 4.78 is 49.4. The molecule has 0 aromatic heterocycles. The Kier molecular flexibility index (Phi) is 4.30. The van der Waals surface area contributed by atoms with Gasteiger partial charge in [-0.3, -0.25) is 4.79 Å². The fraction of sp³-hybridized carbons (Fsp3) is 0.200. The van der Waals surface area contributed by atoms with Gasteiger partial charge in [-0.25, -0.2) is 4.39 Å². The summed E-state index contributed by atoms with van der Waals surface area (Å²) in [7, 11) is 0. The number of amidine groups is 1. The second-order valence-corrected chi connectivity index (χ2v) is 3.49. The smallest absolute Gasteiger partial charge is 0.397 e. The van der Waals surface area contributed by atoms with Gasteiger partial charge in [0.05, 0.1) is 11.3 Å². The molecule has 1 aromatic carbocycles. The third-order valence-electron chi connectivity index (χ3n) is 2.01. The summed E-state index contributed by atoms with van der Waals surface area (Å²) in [4.78, 5) is 11.1. The summed E-state index contributed by atoms with van der Waals surface area (Å²) in [6.07, 6.45) is -6.41. The molecule has 0 atom stereocenters. The van der Waals surface area contributed by atoms with Gasteiger partial charge in [-0.15, -0.1) is 0 Å². The number of alkyl halides is 3. The van der Waals surface area contributed by atoms with Crippen LogP contribution in [-0.2, 0) is 4.79 Å². The van der Waals surface area contributed by atoms with Crippen LogP contribution in [0.2, 0.25) is 0 Å². The molecule has 0 saturated carbocycles. The molecular weight excluding hydrogens is 270 g/mol. The van der Waals surface area contributed by atoms with Crippen molar-refractivity contribution in [3.8, 4) is 0 Å². The third kappa shape index (κ3) is 4.12. The number of anilines is 1. The first-order chi connectivity index (χ1) is 8.74. The van der Waals surface area contributed by atoms with Gasteiger partial charge in [-0.2, -0.15) is 13.2 Å². The van der Waals surface area contributed by atoms with E-state index in [1.54, 1.807) is 0 Å². The first-order valence-corrected chi connectivity index (χ1v) is 4.87. The van der Waals surface area contributed by atoms with E-state index in [2.05, 4.69) is 5.16 Å². The van der Waals surface area contributed by atoms with Gasteiger partial charge < -0.3 is 16.3 Å². The molecule has 0 unspecified atom stereocenters. The molecule has 1 rings (SSSR count). The summed E-state index contributed by atoms with van der Waals surface area (Å²) in [6.45, 7) is 0. The van der Waals surface area contributed by atoms with Gasteiger partial charge in [0.25, 0.3) is 0 Å². The van der Waals surface area contributed by atoms with Crippen LogP contribution in [0.1, 0.15) is 12.0 Å². The maximum atomic E-state index is 13.4. The number of halogens is 4. The molecule has 4 N–H and O–H groups in total. The van der Waals surface area contributed by atoms with Gasteiger partial charge in [0.15, 0.2) is 5.84 Å². The normalized spacial score (nSPS) is 12.3. The molecule has 0 spiro atoms. The number of rotatable bonds is 3. The zero-order chi connectivity index (χ0) is 14.6. The minimum atomic E-state index is -4.69. The van der Waals surface area contributed by atoms with Crippen LogP contribution < -0.4 is 11.1 Å². The molecule has 0 fully saturated rings. The predicted octanol–water partition coefficient (Wildman–Crippen LogP) is 1.81. The lowest BCUT2D eigenvalue weighted by atomic mass is 10.1. The Bertz CT molecular complexity index is 514. The van der Waals surface area contributed by atoms with E-state index in [-0.39, 0.29) is 5.69 Å². The molecule has 0 bridgehead atoms. The fourth-order valence-corrected chi connectivity index (χ4v) is 1.32. The SMILES string of the molecule is N/C(=N/O)c1c(F)cccc1NC(=O)CC(F)(F)F. The highest BCUT2D eigenvalue weighted by Gasteiger charge is 2.31. The van der Waals surface area contributed by atoms with Crippen molar-refractivity contribution >= 4 is 17.4 Å². The van der Waals surface area contributed by atoms with Gasteiger partial charge in [0.1, 0.15) is 12.2 Å². The monoisotopic (exact) mass is 279 g/mol. The fourth-order valence-electron chi connectivity index (χ4n) is 1.32. The molecule has 0 aliphatic carbocycles. The quantitative estimate of drug-likeness (QED) is 0.259. The second kappa shape index (κ2) is 5.55. The number of nitrogens with one attached hydrogen (secondary N) is 1. The van der Waals surface area contributed by atoms with Gasteiger partial charge in [-0.1, -0.05) is 11.2 Å². The molecule has 0 saturated heterocycles. The standard InChI is InChI=1S/C10H9F4N3O2/c11-5-2-1-3-6(8(5)9(15)17-19)16-7(18)4-10(12,13)14/h1-3,19H,4H2,(H2,15,17)(H,16,18). The lowest BCUT2D eigenvalue weighted by Gasteiger charge is -2.11. The predicted molar refractivity (Wildman–Crippen MR) is 58.2 cm³/mol. The summed E-state index contributed by atoms with van der Waals surface area (Å²) in [5, 5.41) is 12.9. The average molecular weight is 279 g/mol. The Morgan fingerprint density at radius 2 is 2.05 bits per heavy atom. The van der Waals surface area contributed by atoms with E-state index in [4.69, 9.17) is 10.9 Å². The van der Waals surface area contributed by atoms with Gasteiger partial charge in [-0.05, 0) is 12.1 Å². The van der Waals surface area contributed by atoms with Crippen LogP contribution in [0.15, 0.2) is 23.4 Å². The summed E-state index contributed by atoms with van der Waals surface area (Å²) in [5.41, 5.74) is 4.38. The molecule has 0 heterocycles. The number of amides is 1. The number of oxime groups is 1. The van der Waals surface area contributed by atoms with Crippen LogP contribution in [0.4, 0.5) is 23.2 Å². The Balaban J connectivity index is 3.02. The van der Waals surface area contributed by atoms with Crippen molar-refractivity contribution in [1.29, 1.82) is 0 Å². The summed E-state index contributed by atoms with van der Waals surface area (Å²) >= 11 is 0. The van der Waals surface area contributed by atoms with Gasteiger partial charge in [0, 0.05) is 0 Å². The zero-order valence-electron chi connectivity index (χ0n) is 9.33. The van der Waals surface area contributed by atoms with Crippen LogP contribution in [0.5, 0.6) is 0 Å². The van der Waals surface area contributed by atoms with E-state index in [9.17, 15) is 22.4 Å². The minimum absolute atomic E-state index is 0.315.